The van der Waals surface area contributed by atoms with Crippen molar-refractivity contribution >= 4 is 5.91 Å². The van der Waals surface area contributed by atoms with Gasteiger partial charge in [-0.2, -0.15) is 0 Å². The number of benzene rings is 1. The standard InChI is InChI=1S/C15H23NO2/c1-4-10-15(3,18)11-16-14(17)12(2)13-8-6-5-7-9-13/h5-9,12,18H,4,10-11H2,1-3H3,(H,16,17). The van der Waals surface area contributed by atoms with Crippen LogP contribution in [-0.4, -0.2) is 23.2 Å². The van der Waals surface area contributed by atoms with Gasteiger partial charge in [0.1, 0.15) is 0 Å². The lowest BCUT2D eigenvalue weighted by molar-refractivity contribution is -0.123. The Balaban J connectivity index is 2.51. The van der Waals surface area contributed by atoms with Gasteiger partial charge in [-0.1, -0.05) is 43.7 Å². The van der Waals surface area contributed by atoms with Crippen LogP contribution in [0.1, 0.15) is 45.1 Å². The Labute approximate surface area is 109 Å². The topological polar surface area (TPSA) is 49.3 Å². The van der Waals surface area contributed by atoms with Crippen molar-refractivity contribution < 1.29 is 9.90 Å². The first-order valence-corrected chi connectivity index (χ1v) is 6.51. The summed E-state index contributed by atoms with van der Waals surface area (Å²) in [5.41, 5.74) is 0.172. The molecule has 2 N–H and O–H groups in total. The van der Waals surface area contributed by atoms with E-state index in [4.69, 9.17) is 0 Å². The summed E-state index contributed by atoms with van der Waals surface area (Å²) in [6.45, 7) is 5.95. The molecule has 0 saturated heterocycles. The van der Waals surface area contributed by atoms with Crippen LogP contribution in [0, 0.1) is 0 Å². The van der Waals surface area contributed by atoms with Crippen molar-refractivity contribution in [1.82, 2.24) is 5.32 Å². The van der Waals surface area contributed by atoms with Crippen LogP contribution in [-0.2, 0) is 4.79 Å². The highest BCUT2D eigenvalue weighted by atomic mass is 16.3. The van der Waals surface area contributed by atoms with Crippen molar-refractivity contribution in [1.29, 1.82) is 0 Å². The van der Waals surface area contributed by atoms with E-state index >= 15 is 0 Å². The van der Waals surface area contributed by atoms with E-state index in [0.717, 1.165) is 12.0 Å². The van der Waals surface area contributed by atoms with Gasteiger partial charge in [0.15, 0.2) is 0 Å². The third-order valence-corrected chi connectivity index (χ3v) is 3.12. The van der Waals surface area contributed by atoms with Gasteiger partial charge in [-0.05, 0) is 25.8 Å². The molecule has 1 amide bonds. The summed E-state index contributed by atoms with van der Waals surface area (Å²) in [7, 11) is 0. The maximum atomic E-state index is 12.0. The predicted molar refractivity (Wildman–Crippen MR) is 73.4 cm³/mol. The van der Waals surface area contributed by atoms with Gasteiger partial charge in [-0.25, -0.2) is 0 Å². The third-order valence-electron chi connectivity index (χ3n) is 3.12. The lowest BCUT2D eigenvalue weighted by Crippen LogP contribution is -2.41. The number of carbonyl (C=O) groups is 1. The highest BCUT2D eigenvalue weighted by molar-refractivity contribution is 5.83. The van der Waals surface area contributed by atoms with E-state index < -0.39 is 5.60 Å². The van der Waals surface area contributed by atoms with Gasteiger partial charge in [0.2, 0.25) is 5.91 Å². The van der Waals surface area contributed by atoms with Crippen LogP contribution in [0.4, 0.5) is 0 Å². The molecule has 1 aromatic rings. The summed E-state index contributed by atoms with van der Waals surface area (Å²) in [5.74, 6) is -0.235. The van der Waals surface area contributed by atoms with E-state index in [1.54, 1.807) is 6.92 Å². The van der Waals surface area contributed by atoms with Crippen molar-refractivity contribution in [2.45, 2.75) is 45.1 Å². The zero-order valence-electron chi connectivity index (χ0n) is 11.4. The minimum atomic E-state index is -0.819. The van der Waals surface area contributed by atoms with Crippen molar-refractivity contribution in [3.05, 3.63) is 35.9 Å². The third kappa shape index (κ3) is 4.49. The molecule has 100 valence electrons. The second kappa shape index (κ2) is 6.55. The fraction of sp³-hybridized carbons (Fsp3) is 0.533. The summed E-state index contributed by atoms with van der Waals surface area (Å²) in [4.78, 5) is 12.0. The molecule has 0 aromatic heterocycles. The predicted octanol–water partition coefficient (Wildman–Crippen LogP) is 2.46. The van der Waals surface area contributed by atoms with Crippen molar-refractivity contribution in [2.75, 3.05) is 6.54 Å². The number of amides is 1. The van der Waals surface area contributed by atoms with Crippen molar-refractivity contribution in [3.63, 3.8) is 0 Å². The second-order valence-corrected chi connectivity index (χ2v) is 5.10. The largest absolute Gasteiger partial charge is 0.388 e. The monoisotopic (exact) mass is 249 g/mol. The minimum absolute atomic E-state index is 0.0439. The Kier molecular flexibility index (Phi) is 5.35. The Morgan fingerprint density at radius 1 is 1.39 bits per heavy atom. The molecule has 3 heteroatoms. The van der Waals surface area contributed by atoms with Crippen LogP contribution in [0.25, 0.3) is 0 Å². The Hall–Kier alpha value is -1.35. The molecule has 0 heterocycles. The number of rotatable bonds is 6. The summed E-state index contributed by atoms with van der Waals surface area (Å²) in [6, 6.07) is 9.65. The normalized spacial score (nSPS) is 15.8. The van der Waals surface area contributed by atoms with Crippen LogP contribution < -0.4 is 5.32 Å². The molecule has 0 aliphatic carbocycles. The first-order chi connectivity index (χ1) is 8.46. The Morgan fingerprint density at radius 3 is 2.56 bits per heavy atom. The summed E-state index contributed by atoms with van der Waals surface area (Å²) in [6.07, 6.45) is 1.59. The van der Waals surface area contributed by atoms with Gasteiger partial charge in [0, 0.05) is 6.54 Å². The first-order valence-electron chi connectivity index (χ1n) is 6.51. The van der Waals surface area contributed by atoms with Gasteiger partial charge in [0.05, 0.1) is 11.5 Å². The average Bonchev–Trinajstić information content (AvgIpc) is 2.36. The fourth-order valence-corrected chi connectivity index (χ4v) is 1.95. The van der Waals surface area contributed by atoms with Crippen molar-refractivity contribution in [2.24, 2.45) is 0 Å². The molecule has 2 atom stereocenters. The maximum Gasteiger partial charge on any atom is 0.227 e. The quantitative estimate of drug-likeness (QED) is 0.813. The number of aliphatic hydroxyl groups is 1. The number of nitrogens with one attached hydrogen (secondary N) is 1. The lowest BCUT2D eigenvalue weighted by Gasteiger charge is -2.24. The number of hydrogen-bond acceptors (Lipinski definition) is 2. The van der Waals surface area contributed by atoms with E-state index in [1.165, 1.54) is 0 Å². The SMILES string of the molecule is CCCC(C)(O)CNC(=O)C(C)c1ccccc1. The van der Waals surface area contributed by atoms with Crippen LogP contribution in [0.5, 0.6) is 0 Å². The molecule has 0 aliphatic rings. The second-order valence-electron chi connectivity index (χ2n) is 5.10. The molecule has 2 unspecified atom stereocenters. The number of carbonyl (C=O) groups excluding carboxylic acids is 1. The molecule has 0 fully saturated rings. The summed E-state index contributed by atoms with van der Waals surface area (Å²) in [5, 5.41) is 12.8. The molecular weight excluding hydrogens is 226 g/mol. The smallest absolute Gasteiger partial charge is 0.227 e. The van der Waals surface area contributed by atoms with Gasteiger partial charge in [0.25, 0.3) is 0 Å². The average molecular weight is 249 g/mol. The van der Waals surface area contributed by atoms with Gasteiger partial charge >= 0.3 is 0 Å². The van der Waals surface area contributed by atoms with E-state index in [1.807, 2.05) is 44.2 Å². The zero-order valence-corrected chi connectivity index (χ0v) is 11.4. The van der Waals surface area contributed by atoms with Crippen LogP contribution in [0.2, 0.25) is 0 Å². The first kappa shape index (κ1) is 14.7. The van der Waals surface area contributed by atoms with E-state index in [9.17, 15) is 9.90 Å². The van der Waals surface area contributed by atoms with Gasteiger partial charge in [-0.15, -0.1) is 0 Å². The maximum absolute atomic E-state index is 12.0. The number of hydrogen-bond donors (Lipinski definition) is 2. The van der Waals surface area contributed by atoms with E-state index in [2.05, 4.69) is 5.32 Å². The van der Waals surface area contributed by atoms with E-state index in [-0.39, 0.29) is 11.8 Å². The molecular formula is C15H23NO2. The van der Waals surface area contributed by atoms with Gasteiger partial charge < -0.3 is 10.4 Å². The highest BCUT2D eigenvalue weighted by Gasteiger charge is 2.22. The van der Waals surface area contributed by atoms with E-state index in [0.29, 0.717) is 13.0 Å². The Bertz CT molecular complexity index is 373. The molecule has 1 rings (SSSR count). The molecule has 0 saturated carbocycles. The molecule has 18 heavy (non-hydrogen) atoms. The highest BCUT2D eigenvalue weighted by Crippen LogP contribution is 2.15. The van der Waals surface area contributed by atoms with Gasteiger partial charge in [-0.3, -0.25) is 4.79 Å². The zero-order chi connectivity index (χ0) is 13.6. The van der Waals surface area contributed by atoms with Crippen LogP contribution in [0.15, 0.2) is 30.3 Å². The van der Waals surface area contributed by atoms with Crippen LogP contribution in [0.3, 0.4) is 0 Å². The van der Waals surface area contributed by atoms with Crippen LogP contribution >= 0.6 is 0 Å². The Morgan fingerprint density at radius 2 is 2.00 bits per heavy atom. The summed E-state index contributed by atoms with van der Waals surface area (Å²) >= 11 is 0. The minimum Gasteiger partial charge on any atom is -0.388 e. The molecule has 0 aliphatic heterocycles. The molecule has 3 nitrogen and oxygen atoms in total. The lowest BCUT2D eigenvalue weighted by atomic mass is 9.98. The summed E-state index contributed by atoms with van der Waals surface area (Å²) < 4.78 is 0. The molecule has 0 radical (unpaired) electrons. The van der Waals surface area contributed by atoms with Crippen molar-refractivity contribution in [3.8, 4) is 0 Å². The molecule has 0 spiro atoms. The fourth-order valence-electron chi connectivity index (χ4n) is 1.95. The molecule has 1 aromatic carbocycles. The molecule has 0 bridgehead atoms.